The van der Waals surface area contributed by atoms with Crippen LogP contribution in [0, 0.1) is 0 Å². The second-order valence-electron chi connectivity index (χ2n) is 2.84. The van der Waals surface area contributed by atoms with E-state index in [9.17, 15) is 5.11 Å². The van der Waals surface area contributed by atoms with Crippen molar-refractivity contribution in [1.29, 1.82) is 0 Å². The Morgan fingerprint density at radius 1 is 1.13 bits per heavy atom. The molecule has 0 aliphatic heterocycles. The lowest BCUT2D eigenvalue weighted by molar-refractivity contribution is 0.476. The molecule has 2 rings (SSSR count). The van der Waals surface area contributed by atoms with Crippen molar-refractivity contribution in [3.05, 3.63) is 40.6 Å². The number of hydrogen-bond acceptors (Lipinski definition) is 3. The second-order valence-corrected chi connectivity index (χ2v) is 3.61. The van der Waals surface area contributed by atoms with Crippen LogP contribution in [-0.2, 0) is 0 Å². The Morgan fingerprint density at radius 3 is 2.67 bits per heavy atom. The summed E-state index contributed by atoms with van der Waals surface area (Å²) in [7, 11) is 0. The average Bonchev–Trinajstić information content (AvgIpc) is 2.22. The molecular weight excluding hydrogens is 235 g/mol. The zero-order valence-corrected chi connectivity index (χ0v) is 9.00. The Morgan fingerprint density at radius 2 is 1.93 bits per heavy atom. The van der Waals surface area contributed by atoms with Crippen LogP contribution in [0.1, 0.15) is 0 Å². The number of aromatic hydroxyl groups is 1. The SMILES string of the molecule is Oc1cccc(-c2nccc(Cl)n2)c1Cl. The monoisotopic (exact) mass is 240 g/mol. The van der Waals surface area contributed by atoms with E-state index >= 15 is 0 Å². The molecule has 5 heteroatoms. The van der Waals surface area contributed by atoms with E-state index in [2.05, 4.69) is 9.97 Å². The highest BCUT2D eigenvalue weighted by molar-refractivity contribution is 6.34. The van der Waals surface area contributed by atoms with Gasteiger partial charge in [0.1, 0.15) is 10.9 Å². The van der Waals surface area contributed by atoms with Gasteiger partial charge in [-0.3, -0.25) is 0 Å². The van der Waals surface area contributed by atoms with Crippen molar-refractivity contribution in [2.24, 2.45) is 0 Å². The van der Waals surface area contributed by atoms with Crippen LogP contribution in [0.2, 0.25) is 10.2 Å². The number of nitrogens with zero attached hydrogens (tertiary/aromatic N) is 2. The van der Waals surface area contributed by atoms with Crippen molar-refractivity contribution < 1.29 is 5.11 Å². The summed E-state index contributed by atoms with van der Waals surface area (Å²) >= 11 is 11.6. The van der Waals surface area contributed by atoms with E-state index in [0.29, 0.717) is 16.5 Å². The molecule has 15 heavy (non-hydrogen) atoms. The van der Waals surface area contributed by atoms with Gasteiger partial charge in [0, 0.05) is 11.8 Å². The number of phenols is 1. The number of phenolic OH excluding ortho intramolecular Hbond substituents is 1. The number of benzene rings is 1. The van der Waals surface area contributed by atoms with Gasteiger partial charge in [-0.2, -0.15) is 0 Å². The molecule has 0 aliphatic carbocycles. The largest absolute Gasteiger partial charge is 0.506 e. The Kier molecular flexibility index (Phi) is 2.75. The average molecular weight is 241 g/mol. The van der Waals surface area contributed by atoms with Crippen molar-refractivity contribution in [2.75, 3.05) is 0 Å². The van der Waals surface area contributed by atoms with Crippen LogP contribution in [0.4, 0.5) is 0 Å². The summed E-state index contributed by atoms with van der Waals surface area (Å²) in [6.45, 7) is 0. The minimum Gasteiger partial charge on any atom is -0.506 e. The molecule has 3 nitrogen and oxygen atoms in total. The van der Waals surface area contributed by atoms with E-state index in [1.54, 1.807) is 18.2 Å². The summed E-state index contributed by atoms with van der Waals surface area (Å²) in [5.74, 6) is 0.390. The number of aromatic nitrogens is 2. The van der Waals surface area contributed by atoms with Crippen molar-refractivity contribution in [3.63, 3.8) is 0 Å². The molecule has 0 saturated heterocycles. The molecule has 76 valence electrons. The van der Waals surface area contributed by atoms with Crippen LogP contribution in [-0.4, -0.2) is 15.1 Å². The van der Waals surface area contributed by atoms with Crippen LogP contribution in [0.25, 0.3) is 11.4 Å². The van der Waals surface area contributed by atoms with Crippen LogP contribution < -0.4 is 0 Å². The normalized spacial score (nSPS) is 10.3. The molecule has 1 aromatic carbocycles. The first kappa shape index (κ1) is 10.2. The first-order valence-electron chi connectivity index (χ1n) is 4.15. The van der Waals surface area contributed by atoms with Crippen molar-refractivity contribution in [2.45, 2.75) is 0 Å². The third kappa shape index (κ3) is 2.03. The highest BCUT2D eigenvalue weighted by atomic mass is 35.5. The molecule has 1 heterocycles. The zero-order chi connectivity index (χ0) is 10.8. The third-order valence-electron chi connectivity index (χ3n) is 1.84. The van der Waals surface area contributed by atoms with E-state index in [1.807, 2.05) is 0 Å². The summed E-state index contributed by atoms with van der Waals surface area (Å²) in [5.41, 5.74) is 0.555. The molecule has 0 fully saturated rings. The highest BCUT2D eigenvalue weighted by Gasteiger charge is 2.09. The fourth-order valence-electron chi connectivity index (χ4n) is 1.16. The smallest absolute Gasteiger partial charge is 0.162 e. The quantitative estimate of drug-likeness (QED) is 0.780. The molecule has 0 spiro atoms. The summed E-state index contributed by atoms with van der Waals surface area (Å²) in [4.78, 5) is 8.02. The van der Waals surface area contributed by atoms with E-state index in [-0.39, 0.29) is 10.8 Å². The Balaban J connectivity index is 2.59. The molecule has 1 aromatic heterocycles. The van der Waals surface area contributed by atoms with Gasteiger partial charge in [-0.05, 0) is 18.2 Å². The Bertz CT molecular complexity index is 503. The van der Waals surface area contributed by atoms with Crippen molar-refractivity contribution in [3.8, 4) is 17.1 Å². The van der Waals surface area contributed by atoms with Gasteiger partial charge in [-0.25, -0.2) is 9.97 Å². The van der Waals surface area contributed by atoms with E-state index in [4.69, 9.17) is 23.2 Å². The predicted molar refractivity (Wildman–Crippen MR) is 59.2 cm³/mol. The summed E-state index contributed by atoms with van der Waals surface area (Å²) < 4.78 is 0. The molecule has 0 saturated carbocycles. The van der Waals surface area contributed by atoms with Crippen LogP contribution >= 0.6 is 23.2 Å². The molecule has 0 radical (unpaired) electrons. The lowest BCUT2D eigenvalue weighted by Gasteiger charge is -2.03. The Labute approximate surface area is 96.3 Å². The maximum absolute atomic E-state index is 9.41. The number of rotatable bonds is 1. The minimum atomic E-state index is -0.00209. The Hall–Kier alpha value is -1.32. The first-order chi connectivity index (χ1) is 7.18. The van der Waals surface area contributed by atoms with Gasteiger partial charge in [-0.1, -0.05) is 29.3 Å². The fourth-order valence-corrected chi connectivity index (χ4v) is 1.51. The van der Waals surface area contributed by atoms with Crippen LogP contribution in [0.15, 0.2) is 30.5 Å². The van der Waals surface area contributed by atoms with Gasteiger partial charge in [-0.15, -0.1) is 0 Å². The van der Waals surface area contributed by atoms with Crippen molar-refractivity contribution >= 4 is 23.2 Å². The molecule has 0 bridgehead atoms. The number of hydrogen-bond donors (Lipinski definition) is 1. The summed E-state index contributed by atoms with van der Waals surface area (Å²) in [6, 6.07) is 6.45. The fraction of sp³-hybridized carbons (Fsp3) is 0. The van der Waals surface area contributed by atoms with E-state index in [0.717, 1.165) is 0 Å². The van der Waals surface area contributed by atoms with Crippen LogP contribution in [0.5, 0.6) is 5.75 Å². The standard InChI is InChI=1S/C10H6Cl2N2O/c11-8-4-5-13-10(14-8)6-2-1-3-7(15)9(6)12/h1-5,15H. The third-order valence-corrected chi connectivity index (χ3v) is 2.45. The molecular formula is C10H6Cl2N2O. The zero-order valence-electron chi connectivity index (χ0n) is 7.48. The molecule has 0 unspecified atom stereocenters. The van der Waals surface area contributed by atoms with Gasteiger partial charge in [0.2, 0.25) is 0 Å². The minimum absolute atomic E-state index is 0.00209. The molecule has 0 aliphatic rings. The summed E-state index contributed by atoms with van der Waals surface area (Å²) in [6.07, 6.45) is 1.53. The summed E-state index contributed by atoms with van der Waals surface area (Å²) in [5, 5.41) is 9.97. The van der Waals surface area contributed by atoms with Gasteiger partial charge in [0.15, 0.2) is 5.82 Å². The van der Waals surface area contributed by atoms with Crippen molar-refractivity contribution in [1.82, 2.24) is 9.97 Å². The van der Waals surface area contributed by atoms with Gasteiger partial charge >= 0.3 is 0 Å². The predicted octanol–water partition coefficient (Wildman–Crippen LogP) is 3.16. The molecule has 2 aromatic rings. The number of halogens is 2. The second kappa shape index (κ2) is 4.04. The molecule has 1 N–H and O–H groups in total. The maximum atomic E-state index is 9.41. The molecule has 0 amide bonds. The topological polar surface area (TPSA) is 46.0 Å². The highest BCUT2D eigenvalue weighted by Crippen LogP contribution is 2.32. The van der Waals surface area contributed by atoms with Gasteiger partial charge in [0.25, 0.3) is 0 Å². The van der Waals surface area contributed by atoms with Crippen LogP contribution in [0.3, 0.4) is 0 Å². The molecule has 0 atom stereocenters. The van der Waals surface area contributed by atoms with Gasteiger partial charge < -0.3 is 5.11 Å². The van der Waals surface area contributed by atoms with Gasteiger partial charge in [0.05, 0.1) is 5.02 Å². The van der Waals surface area contributed by atoms with E-state index in [1.165, 1.54) is 12.3 Å². The lowest BCUT2D eigenvalue weighted by atomic mass is 10.2. The lowest BCUT2D eigenvalue weighted by Crippen LogP contribution is -1.89. The maximum Gasteiger partial charge on any atom is 0.162 e. The van der Waals surface area contributed by atoms with E-state index < -0.39 is 0 Å². The first-order valence-corrected chi connectivity index (χ1v) is 4.90.